The monoisotopic (exact) mass is 242 g/mol. The third-order valence-corrected chi connectivity index (χ3v) is 1.91. The average molecular weight is 242 g/mol. The lowest BCUT2D eigenvalue weighted by Crippen LogP contribution is -2.33. The molecule has 2 amide bonds. The number of carbonyl (C=O) groups is 1. The molecule has 0 unspecified atom stereocenters. The predicted molar refractivity (Wildman–Crippen MR) is 59.1 cm³/mol. The first-order valence-electron chi connectivity index (χ1n) is 4.72. The van der Waals surface area contributed by atoms with E-state index in [4.69, 9.17) is 5.73 Å². The molecule has 1 rings (SSSR count). The molecule has 8 heteroatoms. The van der Waals surface area contributed by atoms with Crippen molar-refractivity contribution in [2.24, 2.45) is 5.73 Å². The van der Waals surface area contributed by atoms with Crippen LogP contribution in [0.2, 0.25) is 0 Å². The molecule has 0 aliphatic heterocycles. The number of anilines is 1. The fraction of sp³-hybridized carbons (Fsp3) is 0.222. The zero-order valence-electron chi connectivity index (χ0n) is 8.77. The minimum atomic E-state index is -0.914. The number of nitro benzene ring substituents is 1. The molecule has 7 nitrogen and oxygen atoms in total. The maximum atomic E-state index is 13.2. The summed E-state index contributed by atoms with van der Waals surface area (Å²) >= 11 is 0. The predicted octanol–water partition coefficient (Wildman–Crippen LogP) is 0.814. The molecule has 4 N–H and O–H groups in total. The van der Waals surface area contributed by atoms with Gasteiger partial charge in [0.2, 0.25) is 5.82 Å². The highest BCUT2D eigenvalue weighted by molar-refractivity contribution is 5.71. The number of carbonyl (C=O) groups excluding carboxylic acids is 1. The molecule has 0 fully saturated rings. The third-order valence-electron chi connectivity index (χ3n) is 1.91. The van der Waals surface area contributed by atoms with Crippen molar-refractivity contribution >= 4 is 17.4 Å². The molecule has 0 aromatic heterocycles. The summed E-state index contributed by atoms with van der Waals surface area (Å²) in [6.45, 7) is 0.385. The van der Waals surface area contributed by atoms with Crippen LogP contribution in [0.3, 0.4) is 0 Å². The van der Waals surface area contributed by atoms with E-state index < -0.39 is 22.5 Å². The van der Waals surface area contributed by atoms with Gasteiger partial charge >= 0.3 is 11.7 Å². The topological polar surface area (TPSA) is 110 Å². The standard InChI is InChI=1S/C9H11FN4O3/c10-6-2-1-3-7(8(6)14(16)17)12-4-5-13-9(11)15/h1-3,12H,4-5H2,(H3,11,13,15). The molecule has 1 aromatic carbocycles. The van der Waals surface area contributed by atoms with E-state index in [1.165, 1.54) is 12.1 Å². The van der Waals surface area contributed by atoms with Crippen molar-refractivity contribution in [3.05, 3.63) is 34.1 Å². The number of amides is 2. The second-order valence-corrected chi connectivity index (χ2v) is 3.11. The van der Waals surface area contributed by atoms with Gasteiger partial charge in [-0.3, -0.25) is 10.1 Å². The number of nitrogens with one attached hydrogen (secondary N) is 2. The van der Waals surface area contributed by atoms with Gasteiger partial charge in [0.25, 0.3) is 0 Å². The van der Waals surface area contributed by atoms with Crippen molar-refractivity contribution in [2.75, 3.05) is 18.4 Å². The fourth-order valence-corrected chi connectivity index (χ4v) is 1.23. The molecule has 0 saturated heterocycles. The summed E-state index contributed by atoms with van der Waals surface area (Å²) in [6.07, 6.45) is 0. The largest absolute Gasteiger partial charge is 0.378 e. The van der Waals surface area contributed by atoms with Gasteiger partial charge in [-0.15, -0.1) is 0 Å². The lowest BCUT2D eigenvalue weighted by Gasteiger charge is -2.07. The Morgan fingerprint density at radius 2 is 2.18 bits per heavy atom. The zero-order valence-corrected chi connectivity index (χ0v) is 8.77. The van der Waals surface area contributed by atoms with E-state index in [9.17, 15) is 19.3 Å². The number of primary amides is 1. The number of urea groups is 1. The number of nitro groups is 1. The molecule has 0 aliphatic rings. The Morgan fingerprint density at radius 1 is 1.47 bits per heavy atom. The number of nitrogens with zero attached hydrogens (tertiary/aromatic N) is 1. The Hall–Kier alpha value is -2.38. The van der Waals surface area contributed by atoms with Crippen molar-refractivity contribution in [1.29, 1.82) is 0 Å². The van der Waals surface area contributed by atoms with E-state index in [1.54, 1.807) is 0 Å². The summed E-state index contributed by atoms with van der Waals surface area (Å²) in [6, 6.07) is 3.04. The summed E-state index contributed by atoms with van der Waals surface area (Å²) in [4.78, 5) is 20.2. The Balaban J connectivity index is 2.67. The van der Waals surface area contributed by atoms with Gasteiger partial charge in [-0.05, 0) is 12.1 Å². The molecule has 0 bridgehead atoms. The number of benzene rings is 1. The number of para-hydroxylation sites is 1. The van der Waals surface area contributed by atoms with Gasteiger partial charge in [-0.1, -0.05) is 6.07 Å². The molecule has 1 aromatic rings. The highest BCUT2D eigenvalue weighted by Gasteiger charge is 2.19. The molecule has 0 atom stereocenters. The van der Waals surface area contributed by atoms with Gasteiger partial charge in [0.15, 0.2) is 0 Å². The van der Waals surface area contributed by atoms with Gasteiger partial charge in [0.05, 0.1) is 4.92 Å². The number of hydrogen-bond acceptors (Lipinski definition) is 4. The van der Waals surface area contributed by atoms with E-state index in [0.29, 0.717) is 0 Å². The van der Waals surface area contributed by atoms with E-state index in [0.717, 1.165) is 6.07 Å². The van der Waals surface area contributed by atoms with Crippen LogP contribution in [0.15, 0.2) is 18.2 Å². The molecular weight excluding hydrogens is 231 g/mol. The maximum Gasteiger partial charge on any atom is 0.327 e. The molecule has 92 valence electrons. The zero-order chi connectivity index (χ0) is 12.8. The van der Waals surface area contributed by atoms with Gasteiger partial charge in [-0.2, -0.15) is 4.39 Å². The van der Waals surface area contributed by atoms with Crippen LogP contribution < -0.4 is 16.4 Å². The van der Waals surface area contributed by atoms with E-state index in [2.05, 4.69) is 10.6 Å². The normalized spacial score (nSPS) is 9.71. The SMILES string of the molecule is NC(=O)NCCNc1cccc(F)c1[N+](=O)[O-]. The summed E-state index contributed by atoms with van der Waals surface area (Å²) in [5.74, 6) is -0.914. The number of rotatable bonds is 5. The van der Waals surface area contributed by atoms with Crippen LogP contribution >= 0.6 is 0 Å². The Bertz CT molecular complexity index is 438. The minimum absolute atomic E-state index is 0.0567. The highest BCUT2D eigenvalue weighted by Crippen LogP contribution is 2.26. The summed E-state index contributed by atoms with van der Waals surface area (Å²) < 4.78 is 13.2. The first-order valence-corrected chi connectivity index (χ1v) is 4.72. The van der Waals surface area contributed by atoms with Gasteiger partial charge in [0, 0.05) is 13.1 Å². The molecular formula is C9H11FN4O3. The van der Waals surface area contributed by atoms with Crippen LogP contribution in [0.5, 0.6) is 0 Å². The molecule has 0 saturated carbocycles. The first kappa shape index (κ1) is 12.7. The quantitative estimate of drug-likeness (QED) is 0.403. The van der Waals surface area contributed by atoms with Crippen LogP contribution in [-0.2, 0) is 0 Å². The number of nitrogens with two attached hydrogens (primary N) is 1. The molecule has 0 radical (unpaired) electrons. The Labute approximate surface area is 95.9 Å². The number of hydrogen-bond donors (Lipinski definition) is 3. The molecule has 0 aliphatic carbocycles. The van der Waals surface area contributed by atoms with Gasteiger partial charge in [-0.25, -0.2) is 4.79 Å². The van der Waals surface area contributed by atoms with Crippen molar-refractivity contribution in [3.8, 4) is 0 Å². The van der Waals surface area contributed by atoms with Crippen LogP contribution in [0.4, 0.5) is 20.6 Å². The smallest absolute Gasteiger partial charge is 0.327 e. The molecule has 0 spiro atoms. The lowest BCUT2D eigenvalue weighted by atomic mass is 10.2. The average Bonchev–Trinajstić information content (AvgIpc) is 2.23. The van der Waals surface area contributed by atoms with Crippen molar-refractivity contribution in [1.82, 2.24) is 5.32 Å². The van der Waals surface area contributed by atoms with E-state index in [-0.39, 0.29) is 18.8 Å². The lowest BCUT2D eigenvalue weighted by molar-refractivity contribution is -0.386. The summed E-state index contributed by atoms with van der Waals surface area (Å²) in [5.41, 5.74) is 4.27. The van der Waals surface area contributed by atoms with Crippen molar-refractivity contribution in [2.45, 2.75) is 0 Å². The second kappa shape index (κ2) is 5.64. The highest BCUT2D eigenvalue weighted by atomic mass is 19.1. The second-order valence-electron chi connectivity index (χ2n) is 3.11. The van der Waals surface area contributed by atoms with E-state index >= 15 is 0 Å². The van der Waals surface area contributed by atoms with Crippen molar-refractivity contribution in [3.63, 3.8) is 0 Å². The number of halogens is 1. The van der Waals surface area contributed by atoms with Gasteiger partial charge < -0.3 is 16.4 Å². The summed E-state index contributed by atoms with van der Waals surface area (Å²) in [7, 11) is 0. The van der Waals surface area contributed by atoms with Crippen molar-refractivity contribution < 1.29 is 14.1 Å². The molecule has 17 heavy (non-hydrogen) atoms. The first-order chi connectivity index (χ1) is 8.02. The Kier molecular flexibility index (Phi) is 4.21. The van der Waals surface area contributed by atoms with Gasteiger partial charge in [0.1, 0.15) is 5.69 Å². The summed E-state index contributed by atoms with van der Waals surface area (Å²) in [5, 5.41) is 15.5. The molecule has 0 heterocycles. The Morgan fingerprint density at radius 3 is 2.76 bits per heavy atom. The fourth-order valence-electron chi connectivity index (χ4n) is 1.23. The van der Waals surface area contributed by atoms with Crippen LogP contribution in [0.1, 0.15) is 0 Å². The minimum Gasteiger partial charge on any atom is -0.378 e. The van der Waals surface area contributed by atoms with Crippen LogP contribution in [0, 0.1) is 15.9 Å². The van der Waals surface area contributed by atoms with E-state index in [1.807, 2.05) is 0 Å². The van der Waals surface area contributed by atoms with Crippen LogP contribution in [0.25, 0.3) is 0 Å². The third kappa shape index (κ3) is 3.59. The van der Waals surface area contributed by atoms with Crippen LogP contribution in [-0.4, -0.2) is 24.0 Å². The maximum absolute atomic E-state index is 13.2.